The largest absolute Gasteiger partial charge is 0.462 e. The first-order chi connectivity index (χ1) is 12.3. The number of allylic oxidation sites excluding steroid dienone is 1. The van der Waals surface area contributed by atoms with Crippen molar-refractivity contribution in [1.82, 2.24) is 0 Å². The van der Waals surface area contributed by atoms with E-state index in [0.29, 0.717) is 0 Å². The summed E-state index contributed by atoms with van der Waals surface area (Å²) in [6.45, 7) is 10.4. The van der Waals surface area contributed by atoms with E-state index in [1.165, 1.54) is 44.9 Å². The number of hydrogen-bond donors (Lipinski definition) is 0. The van der Waals surface area contributed by atoms with Crippen molar-refractivity contribution in [3.05, 3.63) is 12.2 Å². The molecule has 0 aromatic heterocycles. The maximum absolute atomic E-state index is 11.7. The fourth-order valence-electron chi connectivity index (χ4n) is 2.26. The molecule has 0 aliphatic carbocycles. The molecule has 0 rings (SSSR count). The lowest BCUT2D eigenvalue weighted by atomic mass is 9.90. The molecule has 0 heterocycles. The quantitative estimate of drug-likeness (QED) is 0.215. The highest BCUT2D eigenvalue weighted by Crippen LogP contribution is 2.22. The van der Waals surface area contributed by atoms with Crippen LogP contribution < -0.4 is 0 Å². The Morgan fingerprint density at radius 1 is 0.885 bits per heavy atom. The smallest absolute Gasteiger partial charge is 0.306 e. The average molecular weight is 369 g/mol. The minimum absolute atomic E-state index is 0.0704. The van der Waals surface area contributed by atoms with Crippen molar-refractivity contribution >= 4 is 11.9 Å². The fourth-order valence-corrected chi connectivity index (χ4v) is 2.26. The Morgan fingerprint density at radius 3 is 2.08 bits per heavy atom. The summed E-state index contributed by atoms with van der Waals surface area (Å²) in [7, 11) is 0. The number of esters is 2. The van der Waals surface area contributed by atoms with E-state index >= 15 is 0 Å². The summed E-state index contributed by atoms with van der Waals surface area (Å²) in [5.41, 5.74) is -0.101. The molecule has 152 valence electrons. The molecule has 0 aliphatic heterocycles. The first kappa shape index (κ1) is 24.7. The molecule has 1 unspecified atom stereocenters. The van der Waals surface area contributed by atoms with E-state index in [0.717, 1.165) is 6.42 Å². The topological polar surface area (TPSA) is 52.6 Å². The van der Waals surface area contributed by atoms with Crippen LogP contribution in [0.3, 0.4) is 0 Å². The molecule has 0 radical (unpaired) electrons. The van der Waals surface area contributed by atoms with E-state index in [2.05, 4.69) is 13.0 Å². The second kappa shape index (κ2) is 14.8. The minimum Gasteiger partial charge on any atom is -0.462 e. The molecule has 0 aromatic carbocycles. The zero-order chi connectivity index (χ0) is 19.8. The van der Waals surface area contributed by atoms with Crippen LogP contribution in [-0.2, 0) is 19.1 Å². The van der Waals surface area contributed by atoms with Crippen LogP contribution in [0.5, 0.6) is 0 Å². The second-order valence-electron chi connectivity index (χ2n) is 8.06. The van der Waals surface area contributed by atoms with Crippen molar-refractivity contribution in [1.29, 1.82) is 0 Å². The fraction of sp³-hybridized carbons (Fsp3) is 0.818. The van der Waals surface area contributed by atoms with Gasteiger partial charge in [-0.15, -0.1) is 0 Å². The van der Waals surface area contributed by atoms with Gasteiger partial charge in [-0.05, 0) is 25.2 Å². The van der Waals surface area contributed by atoms with Crippen LogP contribution in [0.4, 0.5) is 0 Å². The first-order valence-corrected chi connectivity index (χ1v) is 10.3. The minimum atomic E-state index is -0.356. The van der Waals surface area contributed by atoms with Crippen molar-refractivity contribution in [2.24, 2.45) is 5.41 Å². The van der Waals surface area contributed by atoms with Crippen LogP contribution in [0.2, 0.25) is 0 Å². The summed E-state index contributed by atoms with van der Waals surface area (Å²) in [5.74, 6) is -0.704. The van der Waals surface area contributed by atoms with Crippen molar-refractivity contribution in [3.63, 3.8) is 0 Å². The molecular weight excluding hydrogens is 328 g/mol. The van der Waals surface area contributed by atoms with Crippen molar-refractivity contribution < 1.29 is 19.1 Å². The van der Waals surface area contributed by atoms with Crippen LogP contribution in [0.1, 0.15) is 98.8 Å². The predicted octanol–water partition coefficient (Wildman–Crippen LogP) is 5.98. The Hall–Kier alpha value is -1.32. The third-order valence-electron chi connectivity index (χ3n) is 4.54. The maximum Gasteiger partial charge on any atom is 0.306 e. The SMILES string of the molecule is CCCCCCCCC/C=C/COC(=O)CCC(=O)OC(C)C(C)(C)C. The van der Waals surface area contributed by atoms with Gasteiger partial charge in [0.15, 0.2) is 0 Å². The average Bonchev–Trinajstić information content (AvgIpc) is 2.57. The zero-order valence-corrected chi connectivity index (χ0v) is 17.6. The van der Waals surface area contributed by atoms with Crippen LogP contribution in [-0.4, -0.2) is 24.6 Å². The van der Waals surface area contributed by atoms with Crippen LogP contribution in [0, 0.1) is 5.41 Å². The molecular formula is C22H40O4. The Morgan fingerprint density at radius 2 is 1.46 bits per heavy atom. The number of ether oxygens (including phenoxy) is 2. The molecule has 0 N–H and O–H groups in total. The summed E-state index contributed by atoms with van der Waals surface area (Å²) in [5, 5.41) is 0. The lowest BCUT2D eigenvalue weighted by Gasteiger charge is -2.26. The van der Waals surface area contributed by atoms with Gasteiger partial charge < -0.3 is 9.47 Å². The normalized spacial score (nSPS) is 13.0. The van der Waals surface area contributed by atoms with Gasteiger partial charge in [0.25, 0.3) is 0 Å². The summed E-state index contributed by atoms with van der Waals surface area (Å²) < 4.78 is 10.4. The molecule has 4 nitrogen and oxygen atoms in total. The molecule has 0 aliphatic rings. The van der Waals surface area contributed by atoms with Crippen LogP contribution in [0.15, 0.2) is 12.2 Å². The van der Waals surface area contributed by atoms with Crippen molar-refractivity contribution in [2.75, 3.05) is 6.61 Å². The summed E-state index contributed by atoms with van der Waals surface area (Å²) in [4.78, 5) is 23.3. The Labute approximate surface area is 160 Å². The Balaban J connectivity index is 3.60. The van der Waals surface area contributed by atoms with Crippen LogP contribution >= 0.6 is 0 Å². The van der Waals surface area contributed by atoms with E-state index in [1.807, 2.05) is 33.8 Å². The molecule has 1 atom stereocenters. The molecule has 0 saturated carbocycles. The van der Waals surface area contributed by atoms with Crippen molar-refractivity contribution in [2.45, 2.75) is 105 Å². The summed E-state index contributed by atoms with van der Waals surface area (Å²) in [6.07, 6.45) is 14.0. The van der Waals surface area contributed by atoms with Gasteiger partial charge in [-0.2, -0.15) is 0 Å². The Kier molecular flexibility index (Phi) is 14.1. The number of rotatable bonds is 14. The molecule has 0 fully saturated rings. The summed E-state index contributed by atoms with van der Waals surface area (Å²) >= 11 is 0. The monoisotopic (exact) mass is 368 g/mol. The lowest BCUT2D eigenvalue weighted by Crippen LogP contribution is -2.28. The molecule has 0 amide bonds. The van der Waals surface area contributed by atoms with E-state index in [9.17, 15) is 9.59 Å². The van der Waals surface area contributed by atoms with E-state index in [4.69, 9.17) is 9.47 Å². The van der Waals surface area contributed by atoms with Crippen LogP contribution in [0.25, 0.3) is 0 Å². The molecule has 26 heavy (non-hydrogen) atoms. The van der Waals surface area contributed by atoms with E-state index < -0.39 is 0 Å². The van der Waals surface area contributed by atoms with Gasteiger partial charge in [0.2, 0.25) is 0 Å². The maximum atomic E-state index is 11.7. The zero-order valence-electron chi connectivity index (χ0n) is 17.6. The third-order valence-corrected chi connectivity index (χ3v) is 4.54. The highest BCUT2D eigenvalue weighted by molar-refractivity contribution is 5.77. The molecule has 0 saturated heterocycles. The van der Waals surface area contributed by atoms with Gasteiger partial charge in [-0.1, -0.05) is 78.4 Å². The van der Waals surface area contributed by atoms with E-state index in [1.54, 1.807) is 0 Å². The van der Waals surface area contributed by atoms with Gasteiger partial charge in [0, 0.05) is 0 Å². The lowest BCUT2D eigenvalue weighted by molar-refractivity contribution is -0.156. The van der Waals surface area contributed by atoms with Gasteiger partial charge in [-0.3, -0.25) is 9.59 Å². The summed E-state index contributed by atoms with van der Waals surface area (Å²) in [6, 6.07) is 0. The number of carbonyl (C=O) groups is 2. The van der Waals surface area contributed by atoms with Gasteiger partial charge in [-0.25, -0.2) is 0 Å². The molecule has 0 bridgehead atoms. The second-order valence-corrected chi connectivity index (χ2v) is 8.06. The van der Waals surface area contributed by atoms with Gasteiger partial charge in [0.05, 0.1) is 12.8 Å². The molecule has 0 aromatic rings. The standard InChI is InChI=1S/C22H40O4/c1-6-7-8-9-10-11-12-13-14-15-18-25-20(23)16-17-21(24)26-19(2)22(3,4)5/h14-15,19H,6-13,16-18H2,1-5H3/b15-14+. The van der Waals surface area contributed by atoms with Gasteiger partial charge in [0.1, 0.15) is 12.7 Å². The van der Waals surface area contributed by atoms with Crippen molar-refractivity contribution in [3.8, 4) is 0 Å². The highest BCUT2D eigenvalue weighted by atomic mass is 16.5. The van der Waals surface area contributed by atoms with Gasteiger partial charge >= 0.3 is 11.9 Å². The third kappa shape index (κ3) is 15.0. The Bertz CT molecular complexity index is 407. The van der Waals surface area contributed by atoms with E-state index in [-0.39, 0.29) is 42.9 Å². The molecule has 4 heteroatoms. The molecule has 0 spiro atoms. The number of unbranched alkanes of at least 4 members (excludes halogenated alkanes) is 7. The number of carbonyl (C=O) groups excluding carboxylic acids is 2. The number of hydrogen-bond acceptors (Lipinski definition) is 4. The predicted molar refractivity (Wildman–Crippen MR) is 107 cm³/mol. The highest BCUT2D eigenvalue weighted by Gasteiger charge is 2.23. The first-order valence-electron chi connectivity index (χ1n) is 10.3.